The third kappa shape index (κ3) is 2.82. The van der Waals surface area contributed by atoms with Crippen molar-refractivity contribution in [2.45, 2.75) is 32.8 Å². The second kappa shape index (κ2) is 2.48. The minimum Gasteiger partial charge on any atom is -0.420 e. The Morgan fingerprint density at radius 3 is 2.00 bits per heavy atom. The molecule has 0 saturated carbocycles. The summed E-state index contributed by atoms with van der Waals surface area (Å²) in [6.07, 6.45) is 1.08. The van der Waals surface area contributed by atoms with Crippen LogP contribution in [0.3, 0.4) is 0 Å². The molecule has 0 fully saturated rings. The summed E-state index contributed by atoms with van der Waals surface area (Å²) in [5.41, 5.74) is 0.0957. The molecule has 0 unspecified atom stereocenters. The van der Waals surface area contributed by atoms with Crippen molar-refractivity contribution in [2.24, 2.45) is 0 Å². The van der Waals surface area contributed by atoms with Crippen molar-refractivity contribution in [1.29, 1.82) is 0 Å². The number of hydrogen-bond acceptors (Lipinski definition) is 1. The van der Waals surface area contributed by atoms with E-state index in [1.165, 1.54) is 0 Å². The quantitative estimate of drug-likeness (QED) is 0.485. The van der Waals surface area contributed by atoms with Crippen molar-refractivity contribution in [3.8, 4) is 0 Å². The van der Waals surface area contributed by atoms with E-state index in [4.69, 9.17) is 4.43 Å². The van der Waals surface area contributed by atoms with Gasteiger partial charge in [-0.15, -0.1) is 0 Å². The van der Waals surface area contributed by atoms with Crippen LogP contribution < -0.4 is 0 Å². The molecule has 0 aromatic rings. The smallest absolute Gasteiger partial charge is 0.175 e. The lowest BCUT2D eigenvalue weighted by Crippen LogP contribution is -2.20. The highest BCUT2D eigenvalue weighted by atomic mass is 28.2. The van der Waals surface area contributed by atoms with Crippen LogP contribution in [-0.4, -0.2) is 16.1 Å². The van der Waals surface area contributed by atoms with Crippen molar-refractivity contribution in [2.75, 3.05) is 0 Å². The lowest BCUT2D eigenvalue weighted by atomic mass is 10.1. The van der Waals surface area contributed by atoms with Gasteiger partial charge in [0.15, 0.2) is 10.5 Å². The van der Waals surface area contributed by atoms with Gasteiger partial charge in [-0.25, -0.2) is 0 Å². The first-order valence-corrected chi connectivity index (χ1v) is 3.13. The Kier molecular flexibility index (Phi) is 2.54. The maximum atomic E-state index is 5.11. The van der Waals surface area contributed by atoms with Crippen molar-refractivity contribution >= 4 is 10.5 Å². The molecule has 0 rings (SSSR count). The average Bonchev–Trinajstić information content (AvgIpc) is 1.68. The fourth-order valence-electron chi connectivity index (χ4n) is 0.102. The summed E-state index contributed by atoms with van der Waals surface area (Å²) in [5.74, 6) is 0. The van der Waals surface area contributed by atoms with Gasteiger partial charge in [0, 0.05) is 5.60 Å². The molecule has 1 radical (unpaired) electrons. The van der Waals surface area contributed by atoms with Crippen LogP contribution in [0.2, 0.25) is 0 Å². The Hall–Kier alpha value is 0.177. The van der Waals surface area contributed by atoms with Gasteiger partial charge in [-0.3, -0.25) is 0 Å². The standard InChI is InChI=1S/C5H13OSi/c1-4-5(2,3)6-7/h4,7H2,1-3H3. The van der Waals surface area contributed by atoms with Crippen LogP contribution in [0, 0.1) is 0 Å². The summed E-state index contributed by atoms with van der Waals surface area (Å²) in [7, 11) is 1.56. The molecule has 0 heterocycles. The molecule has 0 N–H and O–H groups in total. The molecule has 0 aliphatic rings. The predicted octanol–water partition coefficient (Wildman–Crippen LogP) is 0.740. The Morgan fingerprint density at radius 1 is 1.57 bits per heavy atom. The minimum atomic E-state index is 0.0957. The summed E-state index contributed by atoms with van der Waals surface area (Å²) in [6, 6.07) is 0. The van der Waals surface area contributed by atoms with Crippen molar-refractivity contribution in [1.82, 2.24) is 0 Å². The zero-order chi connectivity index (χ0) is 5.91. The first-order valence-electron chi connectivity index (χ1n) is 2.55. The molecule has 43 valence electrons. The van der Waals surface area contributed by atoms with E-state index in [2.05, 4.69) is 20.8 Å². The van der Waals surface area contributed by atoms with E-state index in [0.717, 1.165) is 6.42 Å². The Labute approximate surface area is 48.6 Å². The first kappa shape index (κ1) is 7.18. The second-order valence-electron chi connectivity index (χ2n) is 2.26. The van der Waals surface area contributed by atoms with E-state index in [-0.39, 0.29) is 5.60 Å². The van der Waals surface area contributed by atoms with Gasteiger partial charge in [0.25, 0.3) is 0 Å². The van der Waals surface area contributed by atoms with Crippen LogP contribution in [0.15, 0.2) is 0 Å². The third-order valence-electron chi connectivity index (χ3n) is 1.24. The van der Waals surface area contributed by atoms with Crippen LogP contribution in [-0.2, 0) is 4.43 Å². The lowest BCUT2D eigenvalue weighted by Gasteiger charge is -2.20. The highest BCUT2D eigenvalue weighted by Gasteiger charge is 2.10. The molecule has 0 saturated heterocycles. The molecule has 1 nitrogen and oxygen atoms in total. The fraction of sp³-hybridized carbons (Fsp3) is 1.00. The average molecular weight is 117 g/mol. The Morgan fingerprint density at radius 2 is 2.00 bits per heavy atom. The van der Waals surface area contributed by atoms with Crippen LogP contribution in [0.25, 0.3) is 0 Å². The van der Waals surface area contributed by atoms with Crippen molar-refractivity contribution in [3.05, 3.63) is 0 Å². The van der Waals surface area contributed by atoms with E-state index in [1.807, 2.05) is 0 Å². The number of rotatable bonds is 2. The first-order chi connectivity index (χ1) is 3.12. The molecule has 0 aromatic carbocycles. The van der Waals surface area contributed by atoms with Gasteiger partial charge in [0.1, 0.15) is 0 Å². The second-order valence-corrected chi connectivity index (χ2v) is 2.55. The monoisotopic (exact) mass is 117 g/mol. The molecule has 0 atom stereocenters. The van der Waals surface area contributed by atoms with Crippen molar-refractivity contribution < 1.29 is 4.43 Å². The van der Waals surface area contributed by atoms with E-state index in [9.17, 15) is 0 Å². The van der Waals surface area contributed by atoms with Crippen LogP contribution in [0.4, 0.5) is 0 Å². The molecule has 0 bridgehead atoms. The van der Waals surface area contributed by atoms with Gasteiger partial charge >= 0.3 is 0 Å². The molecule has 0 aliphatic carbocycles. The topological polar surface area (TPSA) is 9.23 Å². The summed E-state index contributed by atoms with van der Waals surface area (Å²) < 4.78 is 5.11. The van der Waals surface area contributed by atoms with Gasteiger partial charge in [0.05, 0.1) is 0 Å². The summed E-state index contributed by atoms with van der Waals surface area (Å²) in [5, 5.41) is 0. The largest absolute Gasteiger partial charge is 0.420 e. The minimum absolute atomic E-state index is 0.0957. The fourth-order valence-corrected chi connectivity index (χ4v) is 0.306. The molecule has 0 aliphatic heterocycles. The van der Waals surface area contributed by atoms with Gasteiger partial charge in [-0.05, 0) is 20.3 Å². The highest BCUT2D eigenvalue weighted by Crippen LogP contribution is 2.09. The Balaban J connectivity index is 3.36. The Bertz CT molecular complexity index is 46.0. The molecule has 0 spiro atoms. The van der Waals surface area contributed by atoms with Gasteiger partial charge in [-0.1, -0.05) is 6.92 Å². The molecule has 0 amide bonds. The maximum Gasteiger partial charge on any atom is 0.175 e. The summed E-state index contributed by atoms with van der Waals surface area (Å²) in [4.78, 5) is 0. The zero-order valence-corrected chi connectivity index (χ0v) is 6.74. The molecule has 2 heteroatoms. The van der Waals surface area contributed by atoms with E-state index >= 15 is 0 Å². The van der Waals surface area contributed by atoms with E-state index < -0.39 is 0 Å². The zero-order valence-electron chi connectivity index (χ0n) is 5.32. The third-order valence-corrected chi connectivity index (χ3v) is 2.02. The lowest BCUT2D eigenvalue weighted by molar-refractivity contribution is 0.119. The van der Waals surface area contributed by atoms with Crippen LogP contribution in [0.5, 0.6) is 0 Å². The van der Waals surface area contributed by atoms with Gasteiger partial charge in [-0.2, -0.15) is 0 Å². The summed E-state index contributed by atoms with van der Waals surface area (Å²) in [6.45, 7) is 6.29. The normalized spacial score (nSPS) is 12.0. The van der Waals surface area contributed by atoms with Gasteiger partial charge < -0.3 is 4.43 Å². The molecule has 7 heavy (non-hydrogen) atoms. The molecular formula is C5H13OSi. The van der Waals surface area contributed by atoms with Crippen LogP contribution >= 0.6 is 0 Å². The van der Waals surface area contributed by atoms with E-state index in [1.54, 1.807) is 10.5 Å². The maximum absolute atomic E-state index is 5.11. The SMILES string of the molecule is CCC(C)(C)O[SiH2]. The van der Waals surface area contributed by atoms with Gasteiger partial charge in [0.2, 0.25) is 0 Å². The van der Waals surface area contributed by atoms with Crippen LogP contribution in [0.1, 0.15) is 27.2 Å². The van der Waals surface area contributed by atoms with E-state index in [0.29, 0.717) is 0 Å². The predicted molar refractivity (Wildman–Crippen MR) is 34.0 cm³/mol. The summed E-state index contributed by atoms with van der Waals surface area (Å²) >= 11 is 0. The molecular weight excluding hydrogens is 104 g/mol. The number of hydrogen-bond donors (Lipinski definition) is 0. The van der Waals surface area contributed by atoms with Crippen molar-refractivity contribution in [3.63, 3.8) is 0 Å². The molecule has 0 aromatic heterocycles. The highest BCUT2D eigenvalue weighted by molar-refractivity contribution is 5.98.